The van der Waals surface area contributed by atoms with Crippen LogP contribution in [0.3, 0.4) is 0 Å². The summed E-state index contributed by atoms with van der Waals surface area (Å²) in [7, 11) is 0. The second-order valence-electron chi connectivity index (χ2n) is 7.32. The quantitative estimate of drug-likeness (QED) is 0.453. The smallest absolute Gasteiger partial charge is 0.145 e. The van der Waals surface area contributed by atoms with Gasteiger partial charge in [0.25, 0.3) is 0 Å². The molecule has 0 saturated heterocycles. The average molecular weight is 459 g/mol. The second kappa shape index (κ2) is 11.7. The Kier molecular flexibility index (Phi) is 9.00. The molecule has 1 aliphatic carbocycles. The predicted molar refractivity (Wildman–Crippen MR) is 116 cm³/mol. The minimum atomic E-state index is -0.474. The van der Waals surface area contributed by atoms with Crippen LogP contribution in [0.25, 0.3) is 0 Å². The van der Waals surface area contributed by atoms with Gasteiger partial charge in [0.1, 0.15) is 29.7 Å². The topological polar surface area (TPSA) is 42.5 Å². The molecule has 2 unspecified atom stereocenters. The maximum Gasteiger partial charge on any atom is 0.145 e. The Morgan fingerprint density at radius 2 is 1.33 bits per heavy atom. The molecule has 164 valence electrons. The highest BCUT2D eigenvalue weighted by Crippen LogP contribution is 2.22. The van der Waals surface area contributed by atoms with Crippen LogP contribution in [-0.4, -0.2) is 38.4 Å². The third kappa shape index (κ3) is 7.27. The summed E-state index contributed by atoms with van der Waals surface area (Å²) < 4.78 is 37.8. The van der Waals surface area contributed by atoms with E-state index < -0.39 is 11.6 Å². The van der Waals surface area contributed by atoms with Crippen LogP contribution in [0.1, 0.15) is 25.7 Å². The lowest BCUT2D eigenvalue weighted by atomic mass is 10.2. The van der Waals surface area contributed by atoms with Crippen molar-refractivity contribution >= 4 is 23.2 Å². The fourth-order valence-corrected chi connectivity index (χ4v) is 3.72. The van der Waals surface area contributed by atoms with E-state index >= 15 is 0 Å². The fourth-order valence-electron chi connectivity index (χ4n) is 3.49. The van der Waals surface area contributed by atoms with Crippen molar-refractivity contribution in [1.82, 2.24) is 10.6 Å². The third-order valence-electron chi connectivity index (χ3n) is 5.04. The molecule has 2 N–H and O–H groups in total. The Bertz CT molecular complexity index is 826. The highest BCUT2D eigenvalue weighted by Gasteiger charge is 2.23. The van der Waals surface area contributed by atoms with Crippen molar-refractivity contribution in [3.63, 3.8) is 0 Å². The van der Waals surface area contributed by atoms with Gasteiger partial charge in [-0.05, 0) is 56.5 Å². The molecule has 0 spiro atoms. The molecule has 0 bridgehead atoms. The number of benzene rings is 2. The molecule has 1 saturated carbocycles. The van der Waals surface area contributed by atoms with Gasteiger partial charge < -0.3 is 20.1 Å². The molecule has 4 nitrogen and oxygen atoms in total. The third-order valence-corrected chi connectivity index (χ3v) is 5.65. The molecule has 0 heterocycles. The van der Waals surface area contributed by atoms with Crippen LogP contribution in [0.2, 0.25) is 10.0 Å². The van der Waals surface area contributed by atoms with Crippen LogP contribution in [0.15, 0.2) is 36.4 Å². The highest BCUT2D eigenvalue weighted by atomic mass is 35.5. The lowest BCUT2D eigenvalue weighted by Gasteiger charge is -2.15. The Morgan fingerprint density at radius 1 is 0.800 bits per heavy atom. The van der Waals surface area contributed by atoms with Gasteiger partial charge in [-0.25, -0.2) is 8.78 Å². The number of hydrogen-bond acceptors (Lipinski definition) is 4. The van der Waals surface area contributed by atoms with Crippen molar-refractivity contribution in [2.75, 3.05) is 26.3 Å². The minimum absolute atomic E-state index is 0.0930. The van der Waals surface area contributed by atoms with Gasteiger partial charge in [-0.3, -0.25) is 0 Å². The summed E-state index contributed by atoms with van der Waals surface area (Å²) in [6.45, 7) is 2.54. The van der Waals surface area contributed by atoms with Crippen LogP contribution >= 0.6 is 23.2 Å². The van der Waals surface area contributed by atoms with Gasteiger partial charge in [-0.2, -0.15) is 0 Å². The van der Waals surface area contributed by atoms with Crippen molar-refractivity contribution in [3.8, 4) is 11.5 Å². The van der Waals surface area contributed by atoms with E-state index in [0.717, 1.165) is 32.2 Å². The molecule has 3 rings (SSSR count). The van der Waals surface area contributed by atoms with E-state index in [1.54, 1.807) is 12.1 Å². The van der Waals surface area contributed by atoms with E-state index in [0.29, 0.717) is 43.3 Å². The standard InChI is InChI=1S/C22H26Cl2F2N2O2/c23-19-6-4-17(13-21(19)25)29-10-1-8-27-15-2-3-16(12-15)28-9-11-30-18-5-7-20(24)22(26)14-18/h4-7,13-16,27-28H,1-3,8-12H2. The fraction of sp³-hybridized carbons (Fsp3) is 0.455. The second-order valence-corrected chi connectivity index (χ2v) is 8.13. The minimum Gasteiger partial charge on any atom is -0.493 e. The van der Waals surface area contributed by atoms with Crippen LogP contribution in [-0.2, 0) is 0 Å². The first kappa shape index (κ1) is 23.1. The van der Waals surface area contributed by atoms with E-state index in [4.69, 9.17) is 32.7 Å². The monoisotopic (exact) mass is 458 g/mol. The zero-order valence-corrected chi connectivity index (χ0v) is 18.1. The van der Waals surface area contributed by atoms with Crippen LogP contribution < -0.4 is 20.1 Å². The van der Waals surface area contributed by atoms with Gasteiger partial charge in [0.15, 0.2) is 0 Å². The average Bonchev–Trinajstić information content (AvgIpc) is 3.18. The molecule has 0 aromatic heterocycles. The molecule has 30 heavy (non-hydrogen) atoms. The normalized spacial score (nSPS) is 18.5. The van der Waals surface area contributed by atoms with Gasteiger partial charge in [0.05, 0.1) is 16.7 Å². The van der Waals surface area contributed by atoms with Crippen molar-refractivity contribution < 1.29 is 18.3 Å². The Balaban J connectivity index is 1.23. The summed E-state index contributed by atoms with van der Waals surface area (Å²) in [5.41, 5.74) is 0. The first-order valence-corrected chi connectivity index (χ1v) is 10.9. The Hall–Kier alpha value is -1.60. The SMILES string of the molecule is Fc1cc(OCCCNC2CCC(NCCOc3ccc(Cl)c(F)c3)C2)ccc1Cl. The van der Waals surface area contributed by atoms with Crippen LogP contribution in [0.5, 0.6) is 11.5 Å². The van der Waals surface area contributed by atoms with E-state index in [-0.39, 0.29) is 10.0 Å². The molecule has 1 fully saturated rings. The molecule has 0 radical (unpaired) electrons. The summed E-state index contributed by atoms with van der Waals surface area (Å²) in [6, 6.07) is 9.83. The number of nitrogens with one attached hydrogen (secondary N) is 2. The molecule has 2 atom stereocenters. The molecular weight excluding hydrogens is 433 g/mol. The van der Waals surface area contributed by atoms with Gasteiger partial charge in [-0.15, -0.1) is 0 Å². The van der Waals surface area contributed by atoms with Crippen molar-refractivity contribution in [2.45, 2.75) is 37.8 Å². The van der Waals surface area contributed by atoms with Gasteiger partial charge in [0, 0.05) is 30.8 Å². The van der Waals surface area contributed by atoms with Gasteiger partial charge in [0.2, 0.25) is 0 Å². The van der Waals surface area contributed by atoms with Gasteiger partial charge >= 0.3 is 0 Å². The largest absolute Gasteiger partial charge is 0.493 e. The number of hydrogen-bond donors (Lipinski definition) is 2. The summed E-state index contributed by atoms with van der Waals surface area (Å²) in [5, 5.41) is 7.22. The van der Waals surface area contributed by atoms with E-state index in [1.807, 2.05) is 0 Å². The first-order valence-electron chi connectivity index (χ1n) is 10.1. The highest BCUT2D eigenvalue weighted by molar-refractivity contribution is 6.31. The zero-order chi connectivity index (χ0) is 21.3. The molecule has 2 aromatic rings. The van der Waals surface area contributed by atoms with Crippen molar-refractivity contribution in [1.29, 1.82) is 0 Å². The van der Waals surface area contributed by atoms with Gasteiger partial charge in [-0.1, -0.05) is 23.2 Å². The summed E-state index contributed by atoms with van der Waals surface area (Å²) in [6.07, 6.45) is 4.11. The maximum absolute atomic E-state index is 13.4. The molecule has 1 aliphatic rings. The number of halogens is 4. The van der Waals surface area contributed by atoms with E-state index in [9.17, 15) is 8.78 Å². The Labute approximate surface area is 185 Å². The van der Waals surface area contributed by atoms with Crippen molar-refractivity contribution in [2.24, 2.45) is 0 Å². The molecule has 2 aromatic carbocycles. The number of rotatable bonds is 11. The molecule has 0 aliphatic heterocycles. The van der Waals surface area contributed by atoms with Crippen LogP contribution in [0, 0.1) is 11.6 Å². The maximum atomic E-state index is 13.4. The molecular formula is C22H26Cl2F2N2O2. The summed E-state index contributed by atoms with van der Waals surface area (Å²) in [4.78, 5) is 0. The molecule has 8 heteroatoms. The first-order chi connectivity index (χ1) is 14.5. The molecule has 0 amide bonds. The zero-order valence-electron chi connectivity index (χ0n) is 16.6. The lowest BCUT2D eigenvalue weighted by molar-refractivity contribution is 0.299. The van der Waals surface area contributed by atoms with E-state index in [2.05, 4.69) is 10.6 Å². The van der Waals surface area contributed by atoms with Crippen LogP contribution in [0.4, 0.5) is 8.78 Å². The predicted octanol–water partition coefficient (Wildman–Crippen LogP) is 5.22. The summed E-state index contributed by atoms with van der Waals surface area (Å²) in [5.74, 6) is 0.0268. The van der Waals surface area contributed by atoms with Crippen molar-refractivity contribution in [3.05, 3.63) is 58.1 Å². The summed E-state index contributed by atoms with van der Waals surface area (Å²) >= 11 is 11.3. The van der Waals surface area contributed by atoms with E-state index in [1.165, 1.54) is 24.3 Å². The Morgan fingerprint density at radius 3 is 1.90 bits per heavy atom. The number of ether oxygens (including phenoxy) is 2. The lowest BCUT2D eigenvalue weighted by Crippen LogP contribution is -2.34.